The van der Waals surface area contributed by atoms with Crippen molar-refractivity contribution in [3.05, 3.63) is 70.2 Å². The van der Waals surface area contributed by atoms with E-state index in [4.69, 9.17) is 22.2 Å². The molecule has 17 heteroatoms. The number of carbonyl (C=O) groups is 3. The van der Waals surface area contributed by atoms with Crippen LogP contribution in [0.5, 0.6) is 0 Å². The van der Waals surface area contributed by atoms with E-state index in [2.05, 4.69) is 25.9 Å². The van der Waals surface area contributed by atoms with Crippen molar-refractivity contribution in [3.63, 3.8) is 0 Å². The van der Waals surface area contributed by atoms with E-state index in [1.54, 1.807) is 35.3 Å². The molecular formula is C24H21ClN8O5S3. The van der Waals surface area contributed by atoms with Crippen LogP contribution in [0.3, 0.4) is 0 Å². The Balaban J connectivity index is 1.24. The maximum atomic E-state index is 13.0. The third-order valence-corrected chi connectivity index (χ3v) is 9.18. The number of anilines is 2. The molecule has 1 fully saturated rings. The minimum absolute atomic E-state index is 0.150. The predicted octanol–water partition coefficient (Wildman–Crippen LogP) is 0.483. The lowest BCUT2D eigenvalue weighted by molar-refractivity contribution is -0.643. The van der Waals surface area contributed by atoms with E-state index in [-0.39, 0.29) is 22.2 Å². The van der Waals surface area contributed by atoms with Gasteiger partial charge in [0.05, 0.1) is 11.7 Å². The standard InChI is InChI=1S/C24H21ClN8O5S3/c1-38-31-17(14-11-41-24(26)27-14)20(34)29-18-21(35)33-19(23(36)37)12(10-40-22(18)33)9-39-13-5-7-32(8-6-13)30-16-4-2-3-15(25)28-16/h2-8,11,18,22H,9-10H2,1H3,(H4-,26,27,28,29,30,34,36,37)/b31-17-/t18-,22-/m1/s1. The molecule has 13 nitrogen and oxygen atoms in total. The zero-order chi connectivity index (χ0) is 29.1. The highest BCUT2D eigenvalue weighted by molar-refractivity contribution is 8.01. The highest BCUT2D eigenvalue weighted by Crippen LogP contribution is 2.41. The fourth-order valence-corrected chi connectivity index (χ4v) is 7.12. The number of carbonyl (C=O) groups excluding carboxylic acids is 3. The molecule has 2 aliphatic rings. The topological polar surface area (TPSA) is 179 Å². The second-order valence-electron chi connectivity index (χ2n) is 8.48. The van der Waals surface area contributed by atoms with Crippen LogP contribution in [0, 0.1) is 0 Å². The van der Waals surface area contributed by atoms with Crippen LogP contribution in [-0.4, -0.2) is 68.4 Å². The first kappa shape index (κ1) is 28.7. The van der Waals surface area contributed by atoms with E-state index in [0.29, 0.717) is 28.0 Å². The molecule has 0 aromatic carbocycles. The zero-order valence-corrected chi connectivity index (χ0v) is 24.4. The summed E-state index contributed by atoms with van der Waals surface area (Å²) in [5.41, 5.74) is 9.16. The SMILES string of the molecule is CO/N=C(\C(=O)N[C@@H]1C(=O)N2C(C(=O)[O-])=C(CSc3cc[n+](Nc4cccc(Cl)n4)cc3)CS[C@H]12)c1csc(N)n1. The van der Waals surface area contributed by atoms with Crippen LogP contribution < -0.4 is 26.3 Å². The first-order valence-electron chi connectivity index (χ1n) is 11.8. The number of carboxylic acids is 1. The summed E-state index contributed by atoms with van der Waals surface area (Å²) in [5, 5.41) is 20.0. The normalized spacial score (nSPS) is 18.4. The van der Waals surface area contributed by atoms with Crippen LogP contribution in [-0.2, 0) is 19.2 Å². The van der Waals surface area contributed by atoms with Gasteiger partial charge in [0.15, 0.2) is 16.7 Å². The average molecular weight is 633 g/mol. The van der Waals surface area contributed by atoms with Gasteiger partial charge in [-0.1, -0.05) is 27.5 Å². The number of pyridine rings is 2. The molecule has 1 saturated heterocycles. The van der Waals surface area contributed by atoms with Gasteiger partial charge < -0.3 is 25.8 Å². The van der Waals surface area contributed by atoms with Gasteiger partial charge in [-0.25, -0.2) is 9.97 Å². The van der Waals surface area contributed by atoms with Crippen molar-refractivity contribution in [3.8, 4) is 0 Å². The molecule has 0 saturated carbocycles. The number of nitrogens with zero attached hydrogens (tertiary/aromatic N) is 5. The number of amides is 2. The number of hydrogen-bond acceptors (Lipinski definition) is 13. The molecule has 0 spiro atoms. The molecule has 2 amide bonds. The number of nitrogen functional groups attached to an aromatic ring is 1. The summed E-state index contributed by atoms with van der Waals surface area (Å²) in [6, 6.07) is 7.99. The van der Waals surface area contributed by atoms with Crippen molar-refractivity contribution in [2.75, 3.05) is 29.8 Å². The predicted molar refractivity (Wildman–Crippen MR) is 153 cm³/mol. The third-order valence-electron chi connectivity index (χ3n) is 5.86. The van der Waals surface area contributed by atoms with Gasteiger partial charge in [-0.15, -0.1) is 40.3 Å². The molecule has 0 bridgehead atoms. The van der Waals surface area contributed by atoms with Crippen molar-refractivity contribution in [2.24, 2.45) is 5.16 Å². The Morgan fingerprint density at radius 2 is 2.10 bits per heavy atom. The number of thioether (sulfide) groups is 2. The molecule has 4 N–H and O–H groups in total. The Hall–Kier alpha value is -3.86. The first-order chi connectivity index (χ1) is 19.7. The van der Waals surface area contributed by atoms with E-state index >= 15 is 0 Å². The number of β-lactam (4-membered cyclic amide) rings is 1. The summed E-state index contributed by atoms with van der Waals surface area (Å²) in [6.07, 6.45) is 3.58. The van der Waals surface area contributed by atoms with E-state index in [0.717, 1.165) is 16.2 Å². The number of hydrogen-bond donors (Lipinski definition) is 3. The molecular weight excluding hydrogens is 612 g/mol. The van der Waals surface area contributed by atoms with Crippen molar-refractivity contribution >= 4 is 80.9 Å². The molecule has 41 heavy (non-hydrogen) atoms. The molecule has 2 atom stereocenters. The lowest BCUT2D eigenvalue weighted by atomic mass is 10.0. The molecule has 5 rings (SSSR count). The number of nitrogens with one attached hydrogen (secondary N) is 2. The Morgan fingerprint density at radius 1 is 1.32 bits per heavy atom. The first-order valence-corrected chi connectivity index (χ1v) is 15.1. The minimum atomic E-state index is -1.45. The van der Waals surface area contributed by atoms with Crippen molar-refractivity contribution < 1.29 is 29.0 Å². The zero-order valence-electron chi connectivity index (χ0n) is 21.1. The van der Waals surface area contributed by atoms with Gasteiger partial charge in [-0.2, -0.15) is 0 Å². The van der Waals surface area contributed by atoms with E-state index in [1.165, 1.54) is 40.9 Å². The average Bonchev–Trinajstić information content (AvgIpc) is 3.39. The largest absolute Gasteiger partial charge is 0.543 e. The van der Waals surface area contributed by atoms with E-state index < -0.39 is 29.2 Å². The smallest absolute Gasteiger partial charge is 0.276 e. The molecule has 2 aliphatic heterocycles. The van der Waals surface area contributed by atoms with Gasteiger partial charge >= 0.3 is 0 Å². The Bertz CT molecular complexity index is 1560. The molecule has 212 valence electrons. The Morgan fingerprint density at radius 3 is 2.76 bits per heavy atom. The van der Waals surface area contributed by atoms with Gasteiger partial charge in [0.1, 0.15) is 29.4 Å². The van der Waals surface area contributed by atoms with Crippen LogP contribution in [0.2, 0.25) is 5.15 Å². The fraction of sp³-hybridized carbons (Fsp3) is 0.208. The maximum Gasteiger partial charge on any atom is 0.276 e. The summed E-state index contributed by atoms with van der Waals surface area (Å²) >= 11 is 9.82. The van der Waals surface area contributed by atoms with Crippen LogP contribution in [0.15, 0.2) is 69.4 Å². The number of halogens is 1. The fourth-order valence-electron chi connectivity index (χ4n) is 4.04. The van der Waals surface area contributed by atoms with Gasteiger partial charge in [-0.3, -0.25) is 14.5 Å². The number of carboxylic acid groups (broad SMARTS) is 1. The molecule has 3 aromatic heterocycles. The summed E-state index contributed by atoms with van der Waals surface area (Å²) in [4.78, 5) is 53.1. The van der Waals surface area contributed by atoms with Crippen LogP contribution in [0.1, 0.15) is 5.69 Å². The lowest BCUT2D eigenvalue weighted by Crippen LogP contribution is -2.71. The number of thiazole rings is 1. The lowest BCUT2D eigenvalue weighted by Gasteiger charge is -2.50. The van der Waals surface area contributed by atoms with Crippen molar-refractivity contribution in [1.29, 1.82) is 0 Å². The molecule has 0 aliphatic carbocycles. The van der Waals surface area contributed by atoms with Crippen molar-refractivity contribution in [2.45, 2.75) is 16.3 Å². The minimum Gasteiger partial charge on any atom is -0.543 e. The second kappa shape index (κ2) is 12.3. The van der Waals surface area contributed by atoms with Crippen LogP contribution in [0.4, 0.5) is 10.9 Å². The number of fused-ring (bicyclic) bond motifs is 1. The monoisotopic (exact) mass is 632 g/mol. The number of aliphatic carboxylic acids is 1. The molecule has 0 unspecified atom stereocenters. The number of oxime groups is 1. The Kier molecular flexibility index (Phi) is 8.63. The van der Waals surface area contributed by atoms with Gasteiger partial charge in [0.25, 0.3) is 11.8 Å². The number of nitrogens with two attached hydrogens (primary N) is 1. The van der Waals surface area contributed by atoms with Crippen LogP contribution in [0.25, 0.3) is 0 Å². The van der Waals surface area contributed by atoms with Crippen LogP contribution >= 0.6 is 46.5 Å². The number of rotatable bonds is 10. The third kappa shape index (κ3) is 6.24. The highest BCUT2D eigenvalue weighted by Gasteiger charge is 2.53. The van der Waals surface area contributed by atoms with Gasteiger partial charge in [0, 0.05) is 33.9 Å². The summed E-state index contributed by atoms with van der Waals surface area (Å²) in [7, 11) is 1.27. The quantitative estimate of drug-likeness (QED) is 0.0707. The number of aromatic nitrogens is 3. The second-order valence-corrected chi connectivity index (χ2v) is 11.9. The molecule has 0 radical (unpaired) electrons. The van der Waals surface area contributed by atoms with E-state index in [9.17, 15) is 19.5 Å². The summed E-state index contributed by atoms with van der Waals surface area (Å²) in [6.45, 7) is 0. The van der Waals surface area contributed by atoms with Gasteiger partial charge in [-0.05, 0) is 17.7 Å². The Labute approximate surface area is 250 Å². The van der Waals surface area contributed by atoms with Crippen molar-refractivity contribution in [1.82, 2.24) is 20.2 Å². The summed E-state index contributed by atoms with van der Waals surface area (Å²) in [5.74, 6) is -1.47. The summed E-state index contributed by atoms with van der Waals surface area (Å²) < 4.78 is 1.70. The van der Waals surface area contributed by atoms with Gasteiger partial charge in [0.2, 0.25) is 12.4 Å². The van der Waals surface area contributed by atoms with E-state index in [1.807, 2.05) is 12.1 Å². The molecule has 5 heterocycles. The highest BCUT2D eigenvalue weighted by atomic mass is 35.5. The maximum absolute atomic E-state index is 13.0. The molecule has 3 aromatic rings.